The van der Waals surface area contributed by atoms with Crippen molar-refractivity contribution in [1.82, 2.24) is 4.90 Å². The standard InChI is InChI=1S/C16H20FNO/c1-18(10-13-9-11-6-7-12(13)8-11)16(19)14-4-2-3-5-15(14)17/h2-5,11-13H,6-10H2,1H3. The van der Waals surface area contributed by atoms with Crippen LogP contribution in [0.25, 0.3) is 0 Å². The molecule has 0 aromatic heterocycles. The van der Waals surface area contributed by atoms with E-state index in [0.717, 1.165) is 18.4 Å². The first-order valence-corrected chi connectivity index (χ1v) is 7.15. The van der Waals surface area contributed by atoms with Crippen LogP contribution in [-0.4, -0.2) is 24.4 Å². The van der Waals surface area contributed by atoms with Crippen LogP contribution in [0.4, 0.5) is 4.39 Å². The van der Waals surface area contributed by atoms with Crippen molar-refractivity contribution >= 4 is 5.91 Å². The van der Waals surface area contributed by atoms with Gasteiger partial charge in [0.2, 0.25) is 0 Å². The third-order valence-corrected chi connectivity index (χ3v) is 4.84. The second kappa shape index (κ2) is 4.95. The number of hydrogen-bond acceptors (Lipinski definition) is 1. The van der Waals surface area contributed by atoms with Gasteiger partial charge in [0.25, 0.3) is 5.91 Å². The summed E-state index contributed by atoms with van der Waals surface area (Å²) >= 11 is 0. The van der Waals surface area contributed by atoms with Crippen molar-refractivity contribution in [2.45, 2.75) is 25.7 Å². The number of hydrogen-bond donors (Lipinski definition) is 0. The quantitative estimate of drug-likeness (QED) is 0.817. The van der Waals surface area contributed by atoms with E-state index in [1.54, 1.807) is 30.1 Å². The van der Waals surface area contributed by atoms with E-state index in [-0.39, 0.29) is 11.5 Å². The molecule has 0 saturated heterocycles. The van der Waals surface area contributed by atoms with Crippen molar-refractivity contribution in [3.05, 3.63) is 35.6 Å². The van der Waals surface area contributed by atoms with Gasteiger partial charge in [-0.1, -0.05) is 18.6 Å². The summed E-state index contributed by atoms with van der Waals surface area (Å²) in [5.41, 5.74) is 0.188. The zero-order chi connectivity index (χ0) is 13.4. The molecule has 19 heavy (non-hydrogen) atoms. The van der Waals surface area contributed by atoms with Gasteiger partial charge in [0.05, 0.1) is 5.56 Å². The molecule has 2 aliphatic carbocycles. The molecule has 1 aromatic rings. The minimum atomic E-state index is -0.424. The molecule has 3 heteroatoms. The van der Waals surface area contributed by atoms with E-state index >= 15 is 0 Å². The molecule has 2 saturated carbocycles. The Balaban J connectivity index is 1.66. The summed E-state index contributed by atoms with van der Waals surface area (Å²) in [5.74, 6) is 1.68. The predicted octanol–water partition coefficient (Wildman–Crippen LogP) is 3.33. The smallest absolute Gasteiger partial charge is 0.256 e. The zero-order valence-corrected chi connectivity index (χ0v) is 11.3. The lowest BCUT2D eigenvalue weighted by atomic mass is 9.88. The molecule has 2 bridgehead atoms. The lowest BCUT2D eigenvalue weighted by molar-refractivity contribution is 0.0749. The SMILES string of the molecule is CN(CC1CC2CCC1C2)C(=O)c1ccccc1F. The summed E-state index contributed by atoms with van der Waals surface area (Å²) < 4.78 is 13.6. The Morgan fingerprint density at radius 1 is 1.32 bits per heavy atom. The van der Waals surface area contributed by atoms with E-state index in [1.807, 2.05) is 0 Å². The van der Waals surface area contributed by atoms with Crippen LogP contribution in [-0.2, 0) is 0 Å². The largest absolute Gasteiger partial charge is 0.341 e. The first-order valence-electron chi connectivity index (χ1n) is 7.15. The van der Waals surface area contributed by atoms with Gasteiger partial charge in [-0.3, -0.25) is 4.79 Å². The summed E-state index contributed by atoms with van der Waals surface area (Å²) in [6.07, 6.45) is 5.27. The molecule has 0 aliphatic heterocycles. The van der Waals surface area contributed by atoms with E-state index in [2.05, 4.69) is 0 Å². The van der Waals surface area contributed by atoms with Crippen molar-refractivity contribution in [2.24, 2.45) is 17.8 Å². The van der Waals surface area contributed by atoms with Crippen molar-refractivity contribution in [1.29, 1.82) is 0 Å². The van der Waals surface area contributed by atoms with Gasteiger partial charge in [0.1, 0.15) is 5.82 Å². The van der Waals surface area contributed by atoms with Crippen molar-refractivity contribution in [2.75, 3.05) is 13.6 Å². The fourth-order valence-corrected chi connectivity index (χ4v) is 3.88. The van der Waals surface area contributed by atoms with E-state index in [4.69, 9.17) is 0 Å². The molecule has 2 aliphatic rings. The third kappa shape index (κ3) is 2.38. The molecule has 0 heterocycles. The molecular formula is C16H20FNO. The van der Waals surface area contributed by atoms with Gasteiger partial charge in [-0.25, -0.2) is 4.39 Å². The van der Waals surface area contributed by atoms with Gasteiger partial charge in [0, 0.05) is 13.6 Å². The highest BCUT2D eigenvalue weighted by Gasteiger charge is 2.40. The molecule has 102 valence electrons. The van der Waals surface area contributed by atoms with Crippen LogP contribution >= 0.6 is 0 Å². The predicted molar refractivity (Wildman–Crippen MR) is 72.3 cm³/mol. The Labute approximate surface area is 113 Å². The van der Waals surface area contributed by atoms with Gasteiger partial charge >= 0.3 is 0 Å². The highest BCUT2D eigenvalue weighted by atomic mass is 19.1. The van der Waals surface area contributed by atoms with Crippen LogP contribution in [0.2, 0.25) is 0 Å². The summed E-state index contributed by atoms with van der Waals surface area (Å²) in [7, 11) is 1.79. The van der Waals surface area contributed by atoms with Crippen LogP contribution in [0.3, 0.4) is 0 Å². The van der Waals surface area contributed by atoms with Crippen LogP contribution < -0.4 is 0 Å². The fourth-order valence-electron chi connectivity index (χ4n) is 3.88. The van der Waals surface area contributed by atoms with Crippen molar-refractivity contribution in [3.8, 4) is 0 Å². The number of amides is 1. The van der Waals surface area contributed by atoms with E-state index < -0.39 is 5.82 Å². The first-order chi connectivity index (χ1) is 9.15. The van der Waals surface area contributed by atoms with Gasteiger partial charge in [0.15, 0.2) is 0 Å². The van der Waals surface area contributed by atoms with Gasteiger partial charge in [-0.05, 0) is 49.1 Å². The van der Waals surface area contributed by atoms with E-state index in [0.29, 0.717) is 5.92 Å². The minimum absolute atomic E-state index is 0.188. The van der Waals surface area contributed by atoms with Crippen LogP contribution in [0.5, 0.6) is 0 Å². The number of rotatable bonds is 3. The Kier molecular flexibility index (Phi) is 3.29. The summed E-state index contributed by atoms with van der Waals surface area (Å²) in [6, 6.07) is 6.23. The summed E-state index contributed by atoms with van der Waals surface area (Å²) in [4.78, 5) is 13.9. The molecule has 0 spiro atoms. The molecule has 3 rings (SSSR count). The number of carbonyl (C=O) groups is 1. The lowest BCUT2D eigenvalue weighted by Gasteiger charge is -2.27. The molecule has 2 fully saturated rings. The summed E-state index contributed by atoms with van der Waals surface area (Å²) in [6.45, 7) is 0.772. The number of benzene rings is 1. The normalized spacial score (nSPS) is 28.6. The van der Waals surface area contributed by atoms with Crippen LogP contribution in [0, 0.1) is 23.6 Å². The van der Waals surface area contributed by atoms with Crippen molar-refractivity contribution in [3.63, 3.8) is 0 Å². The second-order valence-electron chi connectivity index (χ2n) is 6.10. The van der Waals surface area contributed by atoms with E-state index in [9.17, 15) is 9.18 Å². The van der Waals surface area contributed by atoms with Crippen LogP contribution in [0.15, 0.2) is 24.3 Å². The average Bonchev–Trinajstić information content (AvgIpc) is 3.00. The Bertz CT molecular complexity index is 487. The molecule has 1 aromatic carbocycles. The maximum atomic E-state index is 13.6. The molecule has 1 amide bonds. The molecule has 2 nitrogen and oxygen atoms in total. The Morgan fingerprint density at radius 3 is 2.74 bits per heavy atom. The number of halogens is 1. The Morgan fingerprint density at radius 2 is 2.11 bits per heavy atom. The van der Waals surface area contributed by atoms with Crippen molar-refractivity contribution < 1.29 is 9.18 Å². The zero-order valence-electron chi connectivity index (χ0n) is 11.3. The number of carbonyl (C=O) groups excluding carboxylic acids is 1. The highest BCUT2D eigenvalue weighted by molar-refractivity contribution is 5.94. The fraction of sp³-hybridized carbons (Fsp3) is 0.562. The Hall–Kier alpha value is -1.38. The van der Waals surface area contributed by atoms with E-state index in [1.165, 1.54) is 31.7 Å². The topological polar surface area (TPSA) is 20.3 Å². The van der Waals surface area contributed by atoms with Gasteiger partial charge < -0.3 is 4.90 Å². The number of nitrogens with zero attached hydrogens (tertiary/aromatic N) is 1. The highest BCUT2D eigenvalue weighted by Crippen LogP contribution is 2.48. The average molecular weight is 261 g/mol. The first kappa shape index (κ1) is 12.6. The molecule has 3 unspecified atom stereocenters. The molecule has 0 radical (unpaired) electrons. The van der Waals surface area contributed by atoms with Gasteiger partial charge in [-0.15, -0.1) is 0 Å². The number of fused-ring (bicyclic) bond motifs is 2. The molecule has 3 atom stereocenters. The maximum Gasteiger partial charge on any atom is 0.256 e. The molecular weight excluding hydrogens is 241 g/mol. The van der Waals surface area contributed by atoms with Crippen LogP contribution in [0.1, 0.15) is 36.0 Å². The molecule has 0 N–H and O–H groups in total. The second-order valence-corrected chi connectivity index (χ2v) is 6.10. The summed E-state index contributed by atoms with van der Waals surface area (Å²) in [5, 5.41) is 0. The van der Waals surface area contributed by atoms with Gasteiger partial charge in [-0.2, -0.15) is 0 Å². The third-order valence-electron chi connectivity index (χ3n) is 4.84. The lowest BCUT2D eigenvalue weighted by Crippen LogP contribution is -2.34. The minimum Gasteiger partial charge on any atom is -0.341 e. The maximum absolute atomic E-state index is 13.6. The monoisotopic (exact) mass is 261 g/mol.